The highest BCUT2D eigenvalue weighted by Crippen LogP contribution is 2.43. The summed E-state index contributed by atoms with van der Waals surface area (Å²) in [6.45, 7) is 1.60. The molecule has 0 amide bonds. The molecule has 0 spiro atoms. The zero-order chi connectivity index (χ0) is 9.10. The Bertz CT molecular complexity index is 196. The molecule has 13 heavy (non-hydrogen) atoms. The molecule has 1 saturated heterocycles. The fourth-order valence-electron chi connectivity index (χ4n) is 1.48. The van der Waals surface area contributed by atoms with Gasteiger partial charge >= 0.3 is 0 Å². The predicted octanol–water partition coefficient (Wildman–Crippen LogP) is 1.14. The Kier molecular flexibility index (Phi) is 2.64. The third-order valence-corrected chi connectivity index (χ3v) is 2.74. The van der Waals surface area contributed by atoms with E-state index in [-0.39, 0.29) is 6.10 Å². The van der Waals surface area contributed by atoms with Crippen molar-refractivity contribution in [3.8, 4) is 0 Å². The lowest BCUT2D eigenvalue weighted by Crippen LogP contribution is -2.28. The average molecular weight is 182 g/mol. The van der Waals surface area contributed by atoms with Crippen molar-refractivity contribution in [2.75, 3.05) is 13.2 Å². The van der Waals surface area contributed by atoms with Gasteiger partial charge < -0.3 is 9.47 Å². The maximum Gasteiger partial charge on any atom is 0.293 e. The number of carbonyl (C=O) groups is 1. The molecule has 1 heterocycles. The summed E-state index contributed by atoms with van der Waals surface area (Å²) in [7, 11) is 0. The molecule has 3 unspecified atom stereocenters. The Balaban J connectivity index is 0.000000101. The Labute approximate surface area is 77.7 Å². The van der Waals surface area contributed by atoms with Gasteiger partial charge in [0.1, 0.15) is 12.7 Å². The van der Waals surface area contributed by atoms with Crippen LogP contribution in [-0.4, -0.2) is 25.8 Å². The fourth-order valence-corrected chi connectivity index (χ4v) is 1.48. The molecular weight excluding hydrogens is 168 g/mol. The summed E-state index contributed by atoms with van der Waals surface area (Å²) in [5.41, 5.74) is 0. The molecule has 0 aromatic carbocycles. The molecule has 0 radical (unpaired) electrons. The van der Waals surface area contributed by atoms with Crippen LogP contribution in [0, 0.1) is 11.8 Å². The van der Waals surface area contributed by atoms with Crippen LogP contribution in [0.5, 0.6) is 0 Å². The number of hydrogen-bond acceptors (Lipinski definition) is 3. The Morgan fingerprint density at radius 1 is 1.38 bits per heavy atom. The Morgan fingerprint density at radius 3 is 2.23 bits per heavy atom. The van der Waals surface area contributed by atoms with Crippen molar-refractivity contribution < 1.29 is 14.3 Å². The van der Waals surface area contributed by atoms with Crippen LogP contribution >= 0.6 is 0 Å². The van der Waals surface area contributed by atoms with Crippen molar-refractivity contribution in [3.63, 3.8) is 0 Å². The van der Waals surface area contributed by atoms with E-state index in [4.69, 9.17) is 4.74 Å². The first kappa shape index (κ1) is 8.75. The number of fused-ring (bicyclic) bond motifs is 1. The summed E-state index contributed by atoms with van der Waals surface area (Å²) in [6.07, 6.45) is 7.80. The number of hydrogen-bond donors (Lipinski definition) is 0. The lowest BCUT2D eigenvalue weighted by atomic mass is 9.66. The summed E-state index contributed by atoms with van der Waals surface area (Å²) in [5, 5.41) is 0. The van der Waals surface area contributed by atoms with Crippen LogP contribution in [-0.2, 0) is 14.3 Å². The van der Waals surface area contributed by atoms with Crippen LogP contribution in [0.25, 0.3) is 0 Å². The van der Waals surface area contributed by atoms with Gasteiger partial charge in [0.2, 0.25) is 0 Å². The molecule has 3 heteroatoms. The standard InChI is InChI=1S/C6H8.C4H6O3/c1-2-6-4-3-5(1)6;5-3-6-1-4-2-7-4/h1-2,5-6H,3-4H2;3-4H,1-2H2. The quantitative estimate of drug-likeness (QED) is 0.373. The third-order valence-electron chi connectivity index (χ3n) is 2.74. The molecule has 0 aromatic heterocycles. The minimum absolute atomic E-state index is 0.199. The lowest BCUT2D eigenvalue weighted by Gasteiger charge is -2.39. The van der Waals surface area contributed by atoms with Gasteiger partial charge in [-0.05, 0) is 24.7 Å². The van der Waals surface area contributed by atoms with Crippen molar-refractivity contribution >= 4 is 6.47 Å². The van der Waals surface area contributed by atoms with Gasteiger partial charge in [-0.25, -0.2) is 0 Å². The first-order valence-corrected chi connectivity index (χ1v) is 4.75. The first-order chi connectivity index (χ1) is 6.40. The van der Waals surface area contributed by atoms with E-state index in [0.29, 0.717) is 13.1 Å². The van der Waals surface area contributed by atoms with Crippen molar-refractivity contribution in [2.45, 2.75) is 18.9 Å². The third kappa shape index (κ3) is 2.31. The normalized spacial score (nSPS) is 37.1. The van der Waals surface area contributed by atoms with Gasteiger partial charge in [-0.3, -0.25) is 4.79 Å². The van der Waals surface area contributed by atoms with Crippen LogP contribution in [0.3, 0.4) is 0 Å². The highest BCUT2D eigenvalue weighted by molar-refractivity contribution is 5.36. The summed E-state index contributed by atoms with van der Waals surface area (Å²) in [4.78, 5) is 9.46. The average Bonchev–Trinajstić information content (AvgIpc) is 2.92. The van der Waals surface area contributed by atoms with Gasteiger partial charge in [0.15, 0.2) is 0 Å². The maximum absolute atomic E-state index is 9.46. The van der Waals surface area contributed by atoms with Crippen LogP contribution < -0.4 is 0 Å². The van der Waals surface area contributed by atoms with Crippen LogP contribution in [0.1, 0.15) is 12.8 Å². The molecule has 2 fully saturated rings. The minimum Gasteiger partial charge on any atom is -0.465 e. The van der Waals surface area contributed by atoms with Gasteiger partial charge in [-0.2, -0.15) is 0 Å². The van der Waals surface area contributed by atoms with Crippen molar-refractivity contribution in [1.82, 2.24) is 0 Å². The molecule has 3 rings (SSSR count). The summed E-state index contributed by atoms with van der Waals surface area (Å²) in [5.74, 6) is 2.06. The predicted molar refractivity (Wildman–Crippen MR) is 47.1 cm³/mol. The summed E-state index contributed by atoms with van der Waals surface area (Å²) < 4.78 is 9.08. The molecule has 3 atom stereocenters. The molecule has 3 aliphatic rings. The zero-order valence-corrected chi connectivity index (χ0v) is 7.52. The monoisotopic (exact) mass is 182 g/mol. The zero-order valence-electron chi connectivity index (χ0n) is 7.52. The second-order valence-corrected chi connectivity index (χ2v) is 3.67. The maximum atomic E-state index is 9.46. The number of rotatable bonds is 3. The molecular formula is C10H14O3. The van der Waals surface area contributed by atoms with Gasteiger partial charge in [0.05, 0.1) is 6.61 Å². The molecule has 0 N–H and O–H groups in total. The summed E-state index contributed by atoms with van der Waals surface area (Å²) >= 11 is 0. The largest absolute Gasteiger partial charge is 0.465 e. The van der Waals surface area contributed by atoms with Gasteiger partial charge in [0.25, 0.3) is 6.47 Å². The van der Waals surface area contributed by atoms with Gasteiger partial charge in [-0.15, -0.1) is 0 Å². The molecule has 2 aliphatic carbocycles. The van der Waals surface area contributed by atoms with Crippen LogP contribution in [0.15, 0.2) is 12.2 Å². The smallest absolute Gasteiger partial charge is 0.293 e. The topological polar surface area (TPSA) is 38.8 Å². The van der Waals surface area contributed by atoms with E-state index in [1.807, 2.05) is 0 Å². The SMILES string of the molecule is C1=CC2CCC12.O=COCC1CO1. The molecule has 72 valence electrons. The highest BCUT2D eigenvalue weighted by atomic mass is 16.6. The van der Waals surface area contributed by atoms with E-state index >= 15 is 0 Å². The van der Waals surface area contributed by atoms with E-state index in [1.165, 1.54) is 12.8 Å². The Morgan fingerprint density at radius 2 is 2.00 bits per heavy atom. The molecule has 1 aliphatic heterocycles. The first-order valence-electron chi connectivity index (χ1n) is 4.75. The van der Waals surface area contributed by atoms with Gasteiger partial charge in [-0.1, -0.05) is 12.2 Å². The number of allylic oxidation sites excluding steroid dienone is 2. The Hall–Kier alpha value is -0.830. The van der Waals surface area contributed by atoms with E-state index in [2.05, 4.69) is 16.9 Å². The highest BCUT2D eigenvalue weighted by Gasteiger charge is 2.31. The number of epoxide rings is 1. The fraction of sp³-hybridized carbons (Fsp3) is 0.700. The van der Waals surface area contributed by atoms with E-state index in [9.17, 15) is 4.79 Å². The second-order valence-electron chi connectivity index (χ2n) is 3.67. The van der Waals surface area contributed by atoms with Crippen LogP contribution in [0.2, 0.25) is 0 Å². The molecule has 1 saturated carbocycles. The van der Waals surface area contributed by atoms with Crippen molar-refractivity contribution in [3.05, 3.63) is 12.2 Å². The van der Waals surface area contributed by atoms with E-state index in [0.717, 1.165) is 18.4 Å². The van der Waals surface area contributed by atoms with Crippen LogP contribution in [0.4, 0.5) is 0 Å². The summed E-state index contributed by atoms with van der Waals surface area (Å²) in [6, 6.07) is 0. The van der Waals surface area contributed by atoms with Gasteiger partial charge in [0, 0.05) is 0 Å². The van der Waals surface area contributed by atoms with Crippen molar-refractivity contribution in [2.24, 2.45) is 11.8 Å². The number of ether oxygens (including phenoxy) is 2. The number of carbonyl (C=O) groups excluding carboxylic acids is 1. The van der Waals surface area contributed by atoms with E-state index in [1.54, 1.807) is 0 Å². The molecule has 0 aromatic rings. The van der Waals surface area contributed by atoms with Crippen molar-refractivity contribution in [1.29, 1.82) is 0 Å². The second kappa shape index (κ2) is 3.92. The van der Waals surface area contributed by atoms with E-state index < -0.39 is 0 Å². The molecule has 0 bridgehead atoms. The minimum atomic E-state index is 0.199. The molecule has 3 nitrogen and oxygen atoms in total. The lowest BCUT2D eigenvalue weighted by molar-refractivity contribution is -0.129.